The molecule has 1 fully saturated rings. The molecule has 5 atom stereocenters. The lowest BCUT2D eigenvalue weighted by atomic mass is 10.1. The zero-order chi connectivity index (χ0) is 21.3. The lowest BCUT2D eigenvalue weighted by Gasteiger charge is -2.17. The van der Waals surface area contributed by atoms with Gasteiger partial charge in [0.15, 0.2) is 6.23 Å². The van der Waals surface area contributed by atoms with Gasteiger partial charge in [-0.05, 0) is 0 Å². The van der Waals surface area contributed by atoms with Crippen molar-refractivity contribution >= 4 is 33.0 Å². The van der Waals surface area contributed by atoms with E-state index in [4.69, 9.17) is 20.3 Å². The van der Waals surface area contributed by atoms with Crippen LogP contribution in [-0.4, -0.2) is 70.9 Å². The molecule has 1 aliphatic rings. The molecule has 28 heavy (non-hydrogen) atoms. The van der Waals surface area contributed by atoms with Crippen molar-refractivity contribution in [2.24, 2.45) is 0 Å². The monoisotopic (exact) mass is 447 g/mol. The molecule has 0 saturated carbocycles. The van der Waals surface area contributed by atoms with Crippen LogP contribution in [0, 0.1) is 10.1 Å². The number of hydrogen-bond donors (Lipinski definition) is 7. The summed E-state index contributed by atoms with van der Waals surface area (Å²) < 4.78 is 35.0. The van der Waals surface area contributed by atoms with Crippen molar-refractivity contribution in [1.82, 2.24) is 9.97 Å². The van der Waals surface area contributed by atoms with Crippen molar-refractivity contribution in [3.05, 3.63) is 16.4 Å². The van der Waals surface area contributed by atoms with Gasteiger partial charge < -0.3 is 40.7 Å². The Labute approximate surface area is 155 Å². The number of nitrogen functional groups attached to an aromatic ring is 1. The number of nitrogens with zero attached hydrogens (tertiary/aromatic N) is 3. The molecule has 2 rings (SSSR count). The van der Waals surface area contributed by atoms with E-state index in [0.29, 0.717) is 0 Å². The normalized spacial score (nSPS) is 27.3. The Hall–Kier alpha value is -1.78. The first kappa shape index (κ1) is 22.5. The maximum Gasteiger partial charge on any atom is 0.481 e. The maximum absolute atomic E-state index is 11.4. The van der Waals surface area contributed by atoms with Crippen LogP contribution in [0.1, 0.15) is 0 Å². The molecular weight excluding hydrogens is 432 g/mol. The second-order valence-corrected chi connectivity index (χ2v) is 8.10. The zero-order valence-corrected chi connectivity index (χ0v) is 15.3. The van der Waals surface area contributed by atoms with Crippen LogP contribution in [0.15, 0.2) is 6.33 Å². The molecule has 1 aromatic rings. The van der Waals surface area contributed by atoms with Crippen LogP contribution in [0.25, 0.3) is 0 Å². The predicted octanol–water partition coefficient (Wildman–Crippen LogP) is -1.95. The Morgan fingerprint density at radius 1 is 1.29 bits per heavy atom. The second kappa shape index (κ2) is 8.30. The van der Waals surface area contributed by atoms with Crippen molar-refractivity contribution in [1.29, 1.82) is 0 Å². The summed E-state index contributed by atoms with van der Waals surface area (Å²) in [6.45, 7) is -0.932. The molecule has 0 radical (unpaired) electrons. The molecule has 2 heterocycles. The van der Waals surface area contributed by atoms with Gasteiger partial charge in [-0.25, -0.2) is 19.1 Å². The lowest BCUT2D eigenvalue weighted by molar-refractivity contribution is -0.383. The van der Waals surface area contributed by atoms with Gasteiger partial charge in [0.1, 0.15) is 24.6 Å². The van der Waals surface area contributed by atoms with Crippen LogP contribution in [0.3, 0.4) is 0 Å². The number of aromatic nitrogens is 2. The topological polar surface area (TPSA) is 270 Å². The van der Waals surface area contributed by atoms with E-state index in [9.17, 15) is 34.4 Å². The first-order chi connectivity index (χ1) is 12.8. The Morgan fingerprint density at radius 2 is 1.93 bits per heavy atom. The molecule has 0 bridgehead atoms. The Balaban J connectivity index is 2.07. The summed E-state index contributed by atoms with van der Waals surface area (Å²) in [4.78, 5) is 43.4. The Kier molecular flexibility index (Phi) is 6.67. The third-order valence-corrected chi connectivity index (χ3v) is 5.44. The number of aliphatic hydroxyl groups is 2. The predicted molar refractivity (Wildman–Crippen MR) is 86.3 cm³/mol. The summed E-state index contributed by atoms with van der Waals surface area (Å²) in [5.74, 6) is -0.917. The lowest BCUT2D eigenvalue weighted by Crippen LogP contribution is -2.37. The number of nitrogens with two attached hydrogens (primary N) is 1. The van der Waals surface area contributed by atoms with Gasteiger partial charge in [0, 0.05) is 0 Å². The fourth-order valence-electron chi connectivity index (χ4n) is 2.14. The van der Waals surface area contributed by atoms with E-state index < -0.39 is 69.0 Å². The van der Waals surface area contributed by atoms with Crippen molar-refractivity contribution in [3.63, 3.8) is 0 Å². The standard InChI is InChI=1S/C9H15N5O12P2/c10-7-4(14(17)18)8(12-2-11-7)13-9-6(16)5(15)3(25-9)1-24-28(22,23)26-27(19,20)21/h2-3,5-6,9,15-16H,1H2,(H,22,23)(H2,19,20,21)(H3,10,11,12,13)/t3-,5-,6-,9-/m1/s1. The van der Waals surface area contributed by atoms with Crippen molar-refractivity contribution in [3.8, 4) is 0 Å². The first-order valence-electron chi connectivity index (χ1n) is 7.08. The summed E-state index contributed by atoms with van der Waals surface area (Å²) in [6.07, 6.45) is -5.50. The largest absolute Gasteiger partial charge is 0.481 e. The van der Waals surface area contributed by atoms with E-state index in [0.717, 1.165) is 6.33 Å². The van der Waals surface area contributed by atoms with E-state index >= 15 is 0 Å². The van der Waals surface area contributed by atoms with Crippen LogP contribution in [0.4, 0.5) is 17.3 Å². The molecule has 0 amide bonds. The minimum atomic E-state index is -5.35. The fraction of sp³-hybridized carbons (Fsp3) is 0.556. The summed E-state index contributed by atoms with van der Waals surface area (Å²) >= 11 is 0. The number of anilines is 2. The van der Waals surface area contributed by atoms with Gasteiger partial charge in [0.05, 0.1) is 11.5 Å². The van der Waals surface area contributed by atoms with E-state index in [1.54, 1.807) is 0 Å². The van der Waals surface area contributed by atoms with E-state index in [1.807, 2.05) is 0 Å². The molecule has 0 aromatic carbocycles. The Morgan fingerprint density at radius 3 is 2.50 bits per heavy atom. The van der Waals surface area contributed by atoms with Crippen molar-refractivity contribution in [2.45, 2.75) is 24.5 Å². The van der Waals surface area contributed by atoms with Crippen LogP contribution in [-0.2, 0) is 22.7 Å². The van der Waals surface area contributed by atoms with Gasteiger partial charge in [0.25, 0.3) is 0 Å². The average molecular weight is 447 g/mol. The molecule has 0 spiro atoms. The number of phosphoric ester groups is 1. The van der Waals surface area contributed by atoms with E-state index in [2.05, 4.69) is 24.1 Å². The molecule has 8 N–H and O–H groups in total. The van der Waals surface area contributed by atoms with Gasteiger partial charge in [-0.2, -0.15) is 4.31 Å². The molecule has 17 nitrogen and oxygen atoms in total. The number of rotatable bonds is 8. The number of aliphatic hydroxyl groups excluding tert-OH is 2. The quantitative estimate of drug-likeness (QED) is 0.130. The smallest absolute Gasteiger partial charge is 0.387 e. The molecule has 158 valence electrons. The second-order valence-electron chi connectivity index (χ2n) is 5.27. The maximum atomic E-state index is 11.4. The zero-order valence-electron chi connectivity index (χ0n) is 13.5. The van der Waals surface area contributed by atoms with Gasteiger partial charge >= 0.3 is 21.3 Å². The molecular formula is C9H15N5O12P2. The molecule has 1 aliphatic heterocycles. The van der Waals surface area contributed by atoms with E-state index in [-0.39, 0.29) is 0 Å². The van der Waals surface area contributed by atoms with Crippen molar-refractivity contribution in [2.75, 3.05) is 17.7 Å². The van der Waals surface area contributed by atoms with Gasteiger partial charge in [-0.1, -0.05) is 0 Å². The number of nitro groups is 1. The Bertz CT molecular complexity index is 834. The minimum absolute atomic E-state index is 0.437. The van der Waals surface area contributed by atoms with Crippen LogP contribution in [0.2, 0.25) is 0 Å². The third-order valence-electron chi connectivity index (χ3n) is 3.29. The molecule has 19 heteroatoms. The summed E-state index contributed by atoms with van der Waals surface area (Å²) in [6, 6.07) is 0. The fourth-order valence-corrected chi connectivity index (χ4v) is 3.74. The molecule has 1 aromatic heterocycles. The highest BCUT2D eigenvalue weighted by Crippen LogP contribution is 2.57. The number of phosphoric acid groups is 2. The third kappa shape index (κ3) is 5.62. The number of hydrogen-bond acceptors (Lipinski definition) is 13. The van der Waals surface area contributed by atoms with Crippen LogP contribution < -0.4 is 11.1 Å². The highest BCUT2D eigenvalue weighted by Gasteiger charge is 2.45. The number of ether oxygens (including phenoxy) is 1. The molecule has 0 aliphatic carbocycles. The average Bonchev–Trinajstić information content (AvgIpc) is 2.78. The van der Waals surface area contributed by atoms with Gasteiger partial charge in [-0.15, -0.1) is 0 Å². The minimum Gasteiger partial charge on any atom is -0.387 e. The molecule has 1 unspecified atom stereocenters. The van der Waals surface area contributed by atoms with Crippen molar-refractivity contribution < 1.29 is 52.5 Å². The highest BCUT2D eigenvalue weighted by molar-refractivity contribution is 7.60. The molecule has 1 saturated heterocycles. The summed E-state index contributed by atoms with van der Waals surface area (Å²) in [5, 5.41) is 33.3. The van der Waals surface area contributed by atoms with Gasteiger partial charge in [0.2, 0.25) is 11.6 Å². The summed E-state index contributed by atoms with van der Waals surface area (Å²) in [7, 11) is -10.6. The van der Waals surface area contributed by atoms with E-state index in [1.165, 1.54) is 0 Å². The highest BCUT2D eigenvalue weighted by atomic mass is 31.3. The SMILES string of the molecule is Nc1ncnc(N[C@@H]2O[C@H](COP(=O)(O)OP(=O)(O)O)[C@@H](O)[C@H]2O)c1[N+](=O)[O-]. The first-order valence-corrected chi connectivity index (χ1v) is 10.1. The van der Waals surface area contributed by atoms with Crippen LogP contribution in [0.5, 0.6) is 0 Å². The number of nitrogens with one attached hydrogen (secondary N) is 1. The summed E-state index contributed by atoms with van der Waals surface area (Å²) in [5.41, 5.74) is 4.67. The van der Waals surface area contributed by atoms with Gasteiger partial charge in [-0.3, -0.25) is 14.6 Å². The van der Waals surface area contributed by atoms with Crippen LogP contribution >= 0.6 is 15.6 Å².